The van der Waals surface area contributed by atoms with Crippen LogP contribution >= 0.6 is 12.2 Å². The fraction of sp³-hybridized carbons (Fsp3) is 0.446. The van der Waals surface area contributed by atoms with Crippen LogP contribution in [0.3, 0.4) is 0 Å². The third kappa shape index (κ3) is 19.7. The molecular weight excluding hydrogens is 1100 g/mol. The Labute approximate surface area is 482 Å². The number of aromatic nitrogens is 8. The van der Waals surface area contributed by atoms with E-state index in [1.165, 1.54) is 43.5 Å². The number of hydrogen-bond donors (Lipinski definition) is 10. The molecule has 0 spiro atoms. The number of nitrogens with zero attached hydrogens (tertiary/aromatic N) is 9. The zero-order valence-corrected chi connectivity index (χ0v) is 49.1. The van der Waals surface area contributed by atoms with Gasteiger partial charge in [-0.25, -0.2) is 32.1 Å². The topological polar surface area (TPSA) is 347 Å². The first-order valence-electron chi connectivity index (χ1n) is 26.3. The van der Waals surface area contributed by atoms with Gasteiger partial charge in [-0.2, -0.15) is 5.21 Å². The van der Waals surface area contributed by atoms with Crippen molar-refractivity contribution >= 4 is 45.2 Å². The molecule has 6 atom stereocenters. The maximum atomic E-state index is 13.6. The molecule has 0 aliphatic rings. The Balaban J connectivity index is 0.000000292. The molecule has 446 valence electrons. The molecule has 3 aromatic carbocycles. The van der Waals surface area contributed by atoms with Gasteiger partial charge < -0.3 is 51.1 Å². The number of benzene rings is 3. The molecule has 0 saturated carbocycles. The number of tetrazole rings is 1. The molecule has 6 aromatic rings. The molecular formula is C56H76FN11O12S2. The predicted octanol–water partition coefficient (Wildman–Crippen LogP) is 3.26. The van der Waals surface area contributed by atoms with Crippen LogP contribution in [-0.2, 0) is 34.2 Å². The van der Waals surface area contributed by atoms with Crippen LogP contribution in [-0.4, -0.2) is 189 Å². The van der Waals surface area contributed by atoms with Crippen LogP contribution in [0.25, 0.3) is 39.8 Å². The fourth-order valence-corrected chi connectivity index (χ4v) is 8.60. The van der Waals surface area contributed by atoms with Gasteiger partial charge in [-0.05, 0) is 72.5 Å². The summed E-state index contributed by atoms with van der Waals surface area (Å²) in [6.07, 6.45) is -1.59. The number of aliphatic carboxylic acids is 1. The third-order valence-electron chi connectivity index (χ3n) is 12.8. The van der Waals surface area contributed by atoms with Crippen LogP contribution in [0.4, 0.5) is 10.3 Å². The van der Waals surface area contributed by atoms with Crippen LogP contribution in [0.5, 0.6) is 0 Å². The molecule has 0 radical (unpaired) electrons. The summed E-state index contributed by atoms with van der Waals surface area (Å²) in [6, 6.07) is 21.7. The highest BCUT2D eigenvalue weighted by molar-refractivity contribution is 7.92. The molecule has 10 N–H and O–H groups in total. The van der Waals surface area contributed by atoms with Gasteiger partial charge in [0.25, 0.3) is 5.56 Å². The Morgan fingerprint density at radius 1 is 0.902 bits per heavy atom. The molecule has 0 aliphatic carbocycles. The zero-order chi connectivity index (χ0) is 61.0. The van der Waals surface area contributed by atoms with Gasteiger partial charge in [0, 0.05) is 74.9 Å². The van der Waals surface area contributed by atoms with E-state index in [2.05, 4.69) is 67.1 Å². The SMILES string of the molecule is CC(C)c1nc(N(C)S(C)(=O)=O)nc(-c2ccc(F)cc2)c1/C=C/[C@@H](O)C[C@@H](O)CC(=O)O.CCCCc1nc(C)c(CC(=S)N(C)C)c(=O)n1Cc1ccc(-c2ccccc2-c2nn[nH]n2)cc1.CNC[C@H](O)[C@@H](O)[C@H](O)[C@H](O)CO. The van der Waals surface area contributed by atoms with Gasteiger partial charge in [0.05, 0.1) is 60.5 Å². The molecule has 0 fully saturated rings. The number of aliphatic hydroxyl groups is 7. The Bertz CT molecular complexity index is 3210. The highest BCUT2D eigenvalue weighted by Crippen LogP contribution is 2.33. The number of H-pyrrole nitrogens is 1. The molecule has 26 heteroatoms. The van der Waals surface area contributed by atoms with E-state index in [9.17, 15) is 37.7 Å². The first kappa shape index (κ1) is 67.7. The van der Waals surface area contributed by atoms with E-state index in [1.54, 1.807) is 7.05 Å². The van der Waals surface area contributed by atoms with Crippen molar-refractivity contribution in [2.45, 2.75) is 115 Å². The maximum Gasteiger partial charge on any atom is 0.305 e. The van der Waals surface area contributed by atoms with Gasteiger partial charge >= 0.3 is 5.97 Å². The highest BCUT2D eigenvalue weighted by Gasteiger charge is 2.29. The van der Waals surface area contributed by atoms with Crippen molar-refractivity contribution in [2.75, 3.05) is 51.9 Å². The molecule has 0 aliphatic heterocycles. The number of carbonyl (C=O) groups is 1. The lowest BCUT2D eigenvalue weighted by Crippen LogP contribution is -2.48. The summed E-state index contributed by atoms with van der Waals surface area (Å²) < 4.78 is 40.4. The molecule has 23 nitrogen and oxygen atoms in total. The minimum absolute atomic E-state index is 0.00988. The number of aryl methyl sites for hydroxylation is 2. The molecule has 0 saturated heterocycles. The lowest BCUT2D eigenvalue weighted by atomic mass is 9.97. The molecule has 3 aromatic heterocycles. The van der Waals surface area contributed by atoms with Crippen molar-refractivity contribution in [1.29, 1.82) is 0 Å². The van der Waals surface area contributed by atoms with Crippen molar-refractivity contribution in [3.63, 3.8) is 0 Å². The monoisotopic (exact) mass is 1180 g/mol. The Hall–Kier alpha value is -6.85. The van der Waals surface area contributed by atoms with E-state index in [1.807, 2.05) is 68.6 Å². The van der Waals surface area contributed by atoms with Crippen LogP contribution in [0.2, 0.25) is 0 Å². The number of sulfonamides is 1. The molecule has 82 heavy (non-hydrogen) atoms. The lowest BCUT2D eigenvalue weighted by Gasteiger charge is -2.25. The number of anilines is 1. The minimum Gasteiger partial charge on any atom is -0.481 e. The number of halogens is 1. The van der Waals surface area contributed by atoms with E-state index >= 15 is 0 Å². The number of aliphatic hydroxyl groups excluding tert-OH is 7. The molecule has 0 bridgehead atoms. The van der Waals surface area contributed by atoms with Gasteiger partial charge in [-0.1, -0.05) is 100 Å². The Morgan fingerprint density at radius 3 is 2.07 bits per heavy atom. The number of carboxylic acid groups (broad SMARTS) is 1. The van der Waals surface area contributed by atoms with E-state index in [-0.39, 0.29) is 30.4 Å². The number of thiocarbonyl (C=S) groups is 1. The molecule has 0 amide bonds. The van der Waals surface area contributed by atoms with Gasteiger partial charge in [0.2, 0.25) is 21.8 Å². The number of aromatic amines is 1. The molecule has 0 unspecified atom stereocenters. The fourth-order valence-electron chi connectivity index (χ4n) is 8.07. The Morgan fingerprint density at radius 2 is 1.52 bits per heavy atom. The van der Waals surface area contributed by atoms with Crippen molar-refractivity contribution < 1.29 is 58.5 Å². The van der Waals surface area contributed by atoms with E-state index in [4.69, 9.17) is 42.7 Å². The second-order valence-electron chi connectivity index (χ2n) is 19.9. The quantitative estimate of drug-likeness (QED) is 0.0368. The van der Waals surface area contributed by atoms with Gasteiger partial charge in [0.1, 0.15) is 30.0 Å². The second-order valence-corrected chi connectivity index (χ2v) is 22.3. The number of hydrogen-bond acceptors (Lipinski definition) is 19. The predicted molar refractivity (Wildman–Crippen MR) is 314 cm³/mol. The smallest absolute Gasteiger partial charge is 0.305 e. The first-order valence-corrected chi connectivity index (χ1v) is 28.5. The minimum atomic E-state index is -3.65. The van der Waals surface area contributed by atoms with Crippen LogP contribution in [0.1, 0.15) is 86.3 Å². The number of carboxylic acids is 1. The molecule has 6 rings (SSSR count). The van der Waals surface area contributed by atoms with Gasteiger partial charge in [-0.3, -0.25) is 14.2 Å². The summed E-state index contributed by atoms with van der Waals surface area (Å²) >= 11 is 5.49. The summed E-state index contributed by atoms with van der Waals surface area (Å²) in [7, 11) is 3.05. The average molecular weight is 1180 g/mol. The number of rotatable bonds is 25. The van der Waals surface area contributed by atoms with Gasteiger partial charge in [0.15, 0.2) is 0 Å². The number of unbranched alkanes of at least 4 members (excludes halogenated alkanes) is 1. The van der Waals surface area contributed by atoms with E-state index in [0.29, 0.717) is 46.9 Å². The van der Waals surface area contributed by atoms with Gasteiger partial charge in [-0.15, -0.1) is 10.2 Å². The summed E-state index contributed by atoms with van der Waals surface area (Å²) in [5.74, 6) is -0.492. The van der Waals surface area contributed by atoms with E-state index in [0.717, 1.165) is 68.6 Å². The van der Waals surface area contributed by atoms with Crippen molar-refractivity contribution in [2.24, 2.45) is 0 Å². The third-order valence-corrected chi connectivity index (χ3v) is 14.5. The van der Waals surface area contributed by atoms with Crippen LogP contribution < -0.4 is 15.2 Å². The zero-order valence-electron chi connectivity index (χ0n) is 47.4. The van der Waals surface area contributed by atoms with Crippen LogP contribution in [0.15, 0.2) is 83.7 Å². The first-order chi connectivity index (χ1) is 38.7. The highest BCUT2D eigenvalue weighted by atomic mass is 32.2. The standard InChI is InChI=1S/C27H31N7OS.C22H28FN3O6S.C7H17NO5/c1-5-6-11-24-28-18(2)23(16-25(36)33(3)4)27(35)34(24)17-19-12-14-20(15-13-19)21-9-7-8-10-22(21)26-29-31-32-30-26;1-13(2)20-18(10-9-16(27)11-17(28)12-19(29)30)21(14-5-7-15(23)8-6-14)25-22(24-20)26(3)33(4,31)32;1-8-2-4(10)6(12)7(13)5(11)3-9/h7-10,12-15H,5-6,11,16-17H2,1-4H3,(H,29,30,31,32);5-10,13,16-17,27-28H,11-12H2,1-4H3,(H,29,30);4-13H,2-3H2,1H3/b;10-9+;/t;16-,17-;4-,5+,6+,7+/m.10/s1. The lowest BCUT2D eigenvalue weighted by molar-refractivity contribution is -0.139. The van der Waals surface area contributed by atoms with Crippen molar-refractivity contribution in [3.8, 4) is 33.8 Å². The second kappa shape index (κ2) is 32.1. The number of likely N-dealkylation sites (N-methyl/N-ethyl adjacent to an activating group) is 2. The summed E-state index contributed by atoms with van der Waals surface area (Å²) in [5, 5.41) is 90.7. The Kier molecular flexibility index (Phi) is 26.5. The number of nitrogens with one attached hydrogen (secondary N) is 2. The van der Waals surface area contributed by atoms with Crippen molar-refractivity contribution in [3.05, 3.63) is 129 Å². The van der Waals surface area contributed by atoms with E-state index < -0.39 is 71.5 Å². The normalized spacial score (nSPS) is 13.7. The summed E-state index contributed by atoms with van der Waals surface area (Å²) in [4.78, 5) is 40.6. The summed E-state index contributed by atoms with van der Waals surface area (Å²) in [5.41, 5.74) is 7.21. The van der Waals surface area contributed by atoms with Crippen LogP contribution in [0, 0.1) is 12.7 Å². The van der Waals surface area contributed by atoms with Crippen molar-refractivity contribution in [1.82, 2.24) is 50.4 Å². The molecule has 3 heterocycles. The largest absolute Gasteiger partial charge is 0.481 e. The average Bonchev–Trinajstić information content (AvgIpc) is 4.08. The maximum absolute atomic E-state index is 13.6. The summed E-state index contributed by atoms with van der Waals surface area (Å²) in [6.45, 7) is 7.65.